The monoisotopic (exact) mass is 532 g/mol. The van der Waals surface area contributed by atoms with E-state index in [1.807, 2.05) is 31.2 Å². The molecule has 0 unspecified atom stereocenters. The summed E-state index contributed by atoms with van der Waals surface area (Å²) < 4.78 is 10.1. The molecule has 1 fully saturated rings. The molecule has 5 atom stereocenters. The molecular weight excluding hydrogens is 496 g/mol. The van der Waals surface area contributed by atoms with E-state index >= 15 is 0 Å². The zero-order valence-corrected chi connectivity index (χ0v) is 21.5. The van der Waals surface area contributed by atoms with E-state index in [9.17, 15) is 35.1 Å². The number of carbonyl (C=O) groups is 2. The summed E-state index contributed by atoms with van der Waals surface area (Å²) in [5, 5.41) is 56.0. The van der Waals surface area contributed by atoms with Crippen molar-refractivity contribution in [1.29, 1.82) is 0 Å². The number of aliphatic hydroxyl groups excluding tert-OH is 4. The molecule has 11 nitrogen and oxygen atoms in total. The first-order chi connectivity index (χ1) is 18.1. The number of aliphatic hydroxyl groups is 4. The van der Waals surface area contributed by atoms with Crippen molar-refractivity contribution in [1.82, 2.24) is 10.6 Å². The molecule has 1 heterocycles. The lowest BCUT2D eigenvalue weighted by Crippen LogP contribution is -2.55. The van der Waals surface area contributed by atoms with Gasteiger partial charge in [-0.15, -0.1) is 0 Å². The van der Waals surface area contributed by atoms with Gasteiger partial charge in [0.15, 0.2) is 0 Å². The Labute approximate surface area is 221 Å². The molecule has 1 aliphatic rings. The molecule has 208 valence electrons. The number of carbonyl (C=O) groups excluding carboxylic acids is 2. The van der Waals surface area contributed by atoms with E-state index in [1.54, 1.807) is 12.1 Å². The van der Waals surface area contributed by atoms with Crippen LogP contribution in [-0.4, -0.2) is 88.8 Å². The summed E-state index contributed by atoms with van der Waals surface area (Å²) >= 11 is 0. The molecule has 0 aliphatic carbocycles. The first-order valence-electron chi connectivity index (χ1n) is 12.4. The number of benzene rings is 2. The number of phenols is 1. The van der Waals surface area contributed by atoms with Crippen molar-refractivity contribution in [2.45, 2.75) is 56.7 Å². The van der Waals surface area contributed by atoms with Crippen LogP contribution in [0.25, 0.3) is 0 Å². The van der Waals surface area contributed by atoms with Crippen molar-refractivity contribution < 1.29 is 44.6 Å². The molecule has 0 spiro atoms. The fourth-order valence-corrected chi connectivity index (χ4v) is 4.34. The number of phenolic OH excluding ortho intramolecular Hbond substituents is 1. The van der Waals surface area contributed by atoms with Crippen LogP contribution in [0.15, 0.2) is 36.4 Å². The van der Waals surface area contributed by atoms with E-state index in [4.69, 9.17) is 4.74 Å². The second-order valence-electron chi connectivity index (χ2n) is 9.34. The molecule has 7 N–H and O–H groups in total. The van der Waals surface area contributed by atoms with Crippen LogP contribution in [0, 0.1) is 6.92 Å². The second-order valence-corrected chi connectivity index (χ2v) is 9.34. The third-order valence-electron chi connectivity index (χ3n) is 6.64. The lowest BCUT2D eigenvalue weighted by Gasteiger charge is -2.40. The SMILES string of the molecule is COC(=O)CCNC(=O)NCCc1ccc(Cc2cc([C@@H]3O[C@H](CO)[C@@H](O)[C@H](O)[C@H]3O)c(O)cc2C)cc1. The summed E-state index contributed by atoms with van der Waals surface area (Å²) in [6.07, 6.45) is -5.46. The van der Waals surface area contributed by atoms with Gasteiger partial charge in [-0.05, 0) is 54.2 Å². The predicted molar refractivity (Wildman–Crippen MR) is 137 cm³/mol. The van der Waals surface area contributed by atoms with Crippen molar-refractivity contribution in [3.05, 3.63) is 64.2 Å². The molecule has 2 aromatic carbocycles. The Bertz CT molecular complexity index is 1090. The van der Waals surface area contributed by atoms with Gasteiger partial charge in [0.1, 0.15) is 36.3 Å². The molecule has 0 bridgehead atoms. The Balaban J connectivity index is 1.60. The number of urea groups is 1. The predicted octanol–water partition coefficient (Wildman–Crippen LogP) is 0.211. The van der Waals surface area contributed by atoms with E-state index in [0.29, 0.717) is 19.4 Å². The van der Waals surface area contributed by atoms with Crippen molar-refractivity contribution >= 4 is 12.0 Å². The summed E-state index contributed by atoms with van der Waals surface area (Å²) in [6, 6.07) is 10.7. The molecule has 1 saturated heterocycles. The Morgan fingerprint density at radius 3 is 2.29 bits per heavy atom. The van der Waals surface area contributed by atoms with Crippen LogP contribution in [-0.2, 0) is 27.1 Å². The maximum Gasteiger partial charge on any atom is 0.314 e. The van der Waals surface area contributed by atoms with Crippen molar-refractivity contribution in [2.75, 3.05) is 26.8 Å². The molecule has 11 heteroatoms. The van der Waals surface area contributed by atoms with Gasteiger partial charge < -0.3 is 45.6 Å². The highest BCUT2D eigenvalue weighted by Gasteiger charge is 2.44. The molecule has 38 heavy (non-hydrogen) atoms. The van der Waals surface area contributed by atoms with Gasteiger partial charge >= 0.3 is 12.0 Å². The normalized spacial score (nSPS) is 23.1. The fraction of sp³-hybridized carbons (Fsp3) is 0.481. The topological polar surface area (TPSA) is 178 Å². The van der Waals surface area contributed by atoms with Crippen LogP contribution in [0.4, 0.5) is 4.79 Å². The van der Waals surface area contributed by atoms with Gasteiger partial charge in [0.05, 0.1) is 20.1 Å². The number of aryl methyl sites for hydroxylation is 1. The average molecular weight is 533 g/mol. The second kappa shape index (κ2) is 13.5. The summed E-state index contributed by atoms with van der Waals surface area (Å²) in [6.45, 7) is 1.91. The number of nitrogens with one attached hydrogen (secondary N) is 2. The van der Waals surface area contributed by atoms with Crippen LogP contribution in [0.2, 0.25) is 0 Å². The van der Waals surface area contributed by atoms with E-state index in [2.05, 4.69) is 15.4 Å². The van der Waals surface area contributed by atoms with Crippen molar-refractivity contribution in [3.63, 3.8) is 0 Å². The first-order valence-corrected chi connectivity index (χ1v) is 12.4. The van der Waals surface area contributed by atoms with Gasteiger partial charge in [0.25, 0.3) is 0 Å². The summed E-state index contributed by atoms with van der Waals surface area (Å²) in [5.41, 5.74) is 3.97. The minimum absolute atomic E-state index is 0.107. The molecule has 0 aromatic heterocycles. The molecule has 3 rings (SSSR count). The largest absolute Gasteiger partial charge is 0.508 e. The van der Waals surface area contributed by atoms with Crippen LogP contribution < -0.4 is 10.6 Å². The van der Waals surface area contributed by atoms with Gasteiger partial charge in [0.2, 0.25) is 0 Å². The van der Waals surface area contributed by atoms with Crippen LogP contribution in [0.5, 0.6) is 5.75 Å². The minimum Gasteiger partial charge on any atom is -0.508 e. The van der Waals surface area contributed by atoms with E-state index < -0.39 is 43.1 Å². The number of hydrogen-bond donors (Lipinski definition) is 7. The summed E-state index contributed by atoms with van der Waals surface area (Å²) in [5.74, 6) is -0.509. The van der Waals surface area contributed by atoms with E-state index in [-0.39, 0.29) is 30.3 Å². The van der Waals surface area contributed by atoms with Crippen molar-refractivity contribution in [3.8, 4) is 5.75 Å². The molecule has 0 saturated carbocycles. The molecule has 2 aromatic rings. The summed E-state index contributed by atoms with van der Waals surface area (Å²) in [4.78, 5) is 22.9. The van der Waals surface area contributed by atoms with E-state index in [0.717, 1.165) is 22.3 Å². The summed E-state index contributed by atoms with van der Waals surface area (Å²) in [7, 11) is 1.29. The number of hydrogen-bond acceptors (Lipinski definition) is 9. The maximum absolute atomic E-state index is 11.8. The smallest absolute Gasteiger partial charge is 0.314 e. The third kappa shape index (κ3) is 7.42. The number of rotatable bonds is 10. The third-order valence-corrected chi connectivity index (χ3v) is 6.64. The number of ether oxygens (including phenoxy) is 2. The zero-order chi connectivity index (χ0) is 27.8. The fourth-order valence-electron chi connectivity index (χ4n) is 4.34. The van der Waals surface area contributed by atoms with E-state index in [1.165, 1.54) is 7.11 Å². The van der Waals surface area contributed by atoms with Crippen LogP contribution in [0.1, 0.15) is 40.3 Å². The van der Waals surface area contributed by atoms with Gasteiger partial charge in [0, 0.05) is 18.7 Å². The Morgan fingerprint density at radius 2 is 1.63 bits per heavy atom. The number of methoxy groups -OCH3 is 1. The van der Waals surface area contributed by atoms with Gasteiger partial charge in [-0.2, -0.15) is 0 Å². The first kappa shape index (κ1) is 29.3. The minimum atomic E-state index is -1.54. The molecule has 1 aliphatic heterocycles. The van der Waals surface area contributed by atoms with Crippen LogP contribution >= 0.6 is 0 Å². The zero-order valence-electron chi connectivity index (χ0n) is 21.5. The standard InChI is InChI=1S/C27H36N2O9/c1-15-11-20(31)19(26-25(35)24(34)23(33)21(14-30)38-26)13-18(15)12-17-5-3-16(4-6-17)7-9-28-27(36)29-10-8-22(32)37-2/h3-6,11,13,21,23-26,30-31,33-35H,7-10,12,14H2,1-2H3,(H2,28,29,36)/t21-,23-,24+,25-,26+/m1/s1. The van der Waals surface area contributed by atoms with Gasteiger partial charge in [-0.3, -0.25) is 4.79 Å². The number of aromatic hydroxyl groups is 1. The average Bonchev–Trinajstić information content (AvgIpc) is 2.90. The number of amides is 2. The van der Waals surface area contributed by atoms with Gasteiger partial charge in [-0.1, -0.05) is 24.3 Å². The van der Waals surface area contributed by atoms with Gasteiger partial charge in [-0.25, -0.2) is 4.79 Å². The highest BCUT2D eigenvalue weighted by atomic mass is 16.5. The number of esters is 1. The molecular formula is C27H36N2O9. The highest BCUT2D eigenvalue weighted by Crippen LogP contribution is 2.38. The molecule has 2 amide bonds. The Hall–Kier alpha value is -3.22. The Kier molecular flexibility index (Phi) is 10.5. The van der Waals surface area contributed by atoms with Crippen molar-refractivity contribution in [2.24, 2.45) is 0 Å². The molecule has 0 radical (unpaired) electrons. The highest BCUT2D eigenvalue weighted by molar-refractivity contribution is 5.75. The Morgan fingerprint density at radius 1 is 0.974 bits per heavy atom. The maximum atomic E-state index is 11.8. The lowest BCUT2D eigenvalue weighted by molar-refractivity contribution is -0.232. The van der Waals surface area contributed by atoms with Crippen LogP contribution in [0.3, 0.4) is 0 Å². The quantitative estimate of drug-likeness (QED) is 0.211. The lowest BCUT2D eigenvalue weighted by atomic mass is 9.88.